The standard InChI is InChI=1S/C16H16N2O6S/c1-17-15(19)10-4-3-5-12(8-10)18-25(22,23)14-9-11(16(20)21)6-7-13(14)24-2/h3-9,18H,1-2H3,(H,17,19)(H,20,21). The van der Waals surface area contributed by atoms with E-state index in [1.807, 2.05) is 0 Å². The number of anilines is 1. The predicted molar refractivity (Wildman–Crippen MR) is 90.6 cm³/mol. The number of carboxylic acids is 1. The van der Waals surface area contributed by atoms with E-state index in [2.05, 4.69) is 10.0 Å². The van der Waals surface area contributed by atoms with Gasteiger partial charge >= 0.3 is 5.97 Å². The van der Waals surface area contributed by atoms with E-state index >= 15 is 0 Å². The predicted octanol–water partition coefficient (Wildman–Crippen LogP) is 1.55. The molecule has 3 N–H and O–H groups in total. The fourth-order valence-electron chi connectivity index (χ4n) is 2.10. The van der Waals surface area contributed by atoms with Crippen molar-refractivity contribution in [3.8, 4) is 5.75 Å². The molecule has 0 aliphatic rings. The second-order valence-corrected chi connectivity index (χ2v) is 6.59. The fraction of sp³-hybridized carbons (Fsp3) is 0.125. The van der Waals surface area contributed by atoms with E-state index in [-0.39, 0.29) is 33.4 Å². The molecule has 0 aliphatic carbocycles. The Kier molecular flexibility index (Phi) is 5.28. The number of methoxy groups -OCH3 is 1. The normalized spacial score (nSPS) is 10.8. The molecule has 0 radical (unpaired) electrons. The van der Waals surface area contributed by atoms with Gasteiger partial charge in [-0.3, -0.25) is 9.52 Å². The van der Waals surface area contributed by atoms with E-state index in [1.54, 1.807) is 0 Å². The molecule has 0 bridgehead atoms. The molecular formula is C16H16N2O6S. The first-order chi connectivity index (χ1) is 11.8. The van der Waals surface area contributed by atoms with Gasteiger partial charge in [-0.15, -0.1) is 0 Å². The number of carbonyl (C=O) groups excluding carboxylic acids is 1. The molecule has 0 aromatic heterocycles. The van der Waals surface area contributed by atoms with E-state index in [4.69, 9.17) is 9.84 Å². The van der Waals surface area contributed by atoms with Gasteiger partial charge in [0.25, 0.3) is 15.9 Å². The maximum Gasteiger partial charge on any atom is 0.335 e. The molecule has 25 heavy (non-hydrogen) atoms. The van der Waals surface area contributed by atoms with Crippen molar-refractivity contribution in [3.05, 3.63) is 53.6 Å². The lowest BCUT2D eigenvalue weighted by atomic mass is 10.2. The number of ether oxygens (including phenoxy) is 1. The van der Waals surface area contributed by atoms with E-state index in [0.717, 1.165) is 6.07 Å². The maximum absolute atomic E-state index is 12.6. The lowest BCUT2D eigenvalue weighted by Gasteiger charge is -2.13. The van der Waals surface area contributed by atoms with Gasteiger partial charge in [0, 0.05) is 18.3 Å². The summed E-state index contributed by atoms with van der Waals surface area (Å²) in [6.45, 7) is 0. The minimum Gasteiger partial charge on any atom is -0.495 e. The molecule has 0 heterocycles. The number of rotatable bonds is 6. The van der Waals surface area contributed by atoms with Crippen LogP contribution in [0.5, 0.6) is 5.75 Å². The average molecular weight is 364 g/mol. The van der Waals surface area contributed by atoms with Crippen molar-refractivity contribution >= 4 is 27.6 Å². The minimum absolute atomic E-state index is 0.0000409. The summed E-state index contributed by atoms with van der Waals surface area (Å²) in [6.07, 6.45) is 0. The second kappa shape index (κ2) is 7.22. The molecule has 0 atom stereocenters. The first-order valence-corrected chi connectivity index (χ1v) is 8.53. The number of amides is 1. The highest BCUT2D eigenvalue weighted by atomic mass is 32.2. The summed E-state index contributed by atoms with van der Waals surface area (Å²) in [6, 6.07) is 9.40. The minimum atomic E-state index is -4.13. The van der Waals surface area contributed by atoms with Crippen LogP contribution in [0.3, 0.4) is 0 Å². The lowest BCUT2D eigenvalue weighted by Crippen LogP contribution is -2.19. The van der Waals surface area contributed by atoms with Crippen LogP contribution in [0.15, 0.2) is 47.4 Å². The van der Waals surface area contributed by atoms with Crippen LogP contribution in [0.2, 0.25) is 0 Å². The van der Waals surface area contributed by atoms with Gasteiger partial charge < -0.3 is 15.2 Å². The molecule has 9 heteroatoms. The summed E-state index contributed by atoms with van der Waals surface area (Å²) < 4.78 is 32.6. The van der Waals surface area contributed by atoms with Crippen molar-refractivity contribution in [3.63, 3.8) is 0 Å². The Balaban J connectivity index is 2.44. The molecule has 0 aliphatic heterocycles. The Hall–Kier alpha value is -3.07. The first kappa shape index (κ1) is 18.3. The molecule has 2 aromatic carbocycles. The third-order valence-electron chi connectivity index (χ3n) is 3.30. The number of carbonyl (C=O) groups is 2. The van der Waals surface area contributed by atoms with E-state index in [9.17, 15) is 18.0 Å². The molecule has 1 amide bonds. The van der Waals surface area contributed by atoms with Crippen molar-refractivity contribution in [2.75, 3.05) is 18.9 Å². The average Bonchev–Trinajstić information content (AvgIpc) is 2.60. The molecule has 2 aromatic rings. The van der Waals surface area contributed by atoms with Crippen LogP contribution in [0.4, 0.5) is 5.69 Å². The van der Waals surface area contributed by atoms with Crippen LogP contribution in [0.1, 0.15) is 20.7 Å². The quantitative estimate of drug-likeness (QED) is 0.715. The molecule has 0 fully saturated rings. The molecule has 132 valence electrons. The van der Waals surface area contributed by atoms with Crippen LogP contribution >= 0.6 is 0 Å². The highest BCUT2D eigenvalue weighted by molar-refractivity contribution is 7.92. The molecule has 0 saturated heterocycles. The highest BCUT2D eigenvalue weighted by Crippen LogP contribution is 2.27. The largest absolute Gasteiger partial charge is 0.495 e. The molecule has 0 unspecified atom stereocenters. The van der Waals surface area contributed by atoms with Crippen molar-refractivity contribution in [2.24, 2.45) is 0 Å². The summed E-state index contributed by atoms with van der Waals surface area (Å²) in [4.78, 5) is 22.4. The van der Waals surface area contributed by atoms with Gasteiger partial charge in [-0.25, -0.2) is 13.2 Å². The van der Waals surface area contributed by atoms with E-state index < -0.39 is 16.0 Å². The Morgan fingerprint density at radius 2 is 1.80 bits per heavy atom. The van der Waals surface area contributed by atoms with Crippen molar-refractivity contribution in [2.45, 2.75) is 4.90 Å². The number of hydrogen-bond acceptors (Lipinski definition) is 5. The van der Waals surface area contributed by atoms with E-state index in [0.29, 0.717) is 0 Å². The topological polar surface area (TPSA) is 122 Å². The van der Waals surface area contributed by atoms with Crippen LogP contribution in [0.25, 0.3) is 0 Å². The molecular weight excluding hydrogens is 348 g/mol. The molecule has 0 saturated carbocycles. The second-order valence-electron chi connectivity index (χ2n) is 4.94. The smallest absolute Gasteiger partial charge is 0.335 e. The summed E-state index contributed by atoms with van der Waals surface area (Å²) in [7, 11) is -1.39. The first-order valence-electron chi connectivity index (χ1n) is 7.05. The Morgan fingerprint density at radius 1 is 1.08 bits per heavy atom. The monoisotopic (exact) mass is 364 g/mol. The number of benzene rings is 2. The maximum atomic E-state index is 12.6. The summed E-state index contributed by atoms with van der Waals surface area (Å²) in [5.41, 5.74) is 0.234. The number of aromatic carboxylic acids is 1. The molecule has 0 spiro atoms. The van der Waals surface area contributed by atoms with Crippen LogP contribution in [-0.4, -0.2) is 39.6 Å². The van der Waals surface area contributed by atoms with Gasteiger partial charge in [-0.2, -0.15) is 0 Å². The Bertz CT molecular complexity index is 924. The Labute approximate surface area is 144 Å². The van der Waals surface area contributed by atoms with Gasteiger partial charge in [-0.05, 0) is 36.4 Å². The SMILES string of the molecule is CNC(=O)c1cccc(NS(=O)(=O)c2cc(C(=O)O)ccc2OC)c1. The number of nitrogens with one attached hydrogen (secondary N) is 2. The van der Waals surface area contributed by atoms with Crippen LogP contribution in [-0.2, 0) is 10.0 Å². The third-order valence-corrected chi connectivity index (χ3v) is 4.71. The zero-order valence-electron chi connectivity index (χ0n) is 13.4. The third kappa shape index (κ3) is 4.07. The van der Waals surface area contributed by atoms with Gasteiger partial charge in [0.05, 0.1) is 12.7 Å². The van der Waals surface area contributed by atoms with Crippen LogP contribution in [0, 0.1) is 0 Å². The van der Waals surface area contributed by atoms with Gasteiger partial charge in [-0.1, -0.05) is 6.07 Å². The molecule has 2 rings (SSSR count). The van der Waals surface area contributed by atoms with Gasteiger partial charge in [0.15, 0.2) is 0 Å². The van der Waals surface area contributed by atoms with Gasteiger partial charge in [0.2, 0.25) is 0 Å². The Morgan fingerprint density at radius 3 is 2.40 bits per heavy atom. The number of carboxylic acid groups (broad SMARTS) is 1. The van der Waals surface area contributed by atoms with Gasteiger partial charge in [0.1, 0.15) is 10.6 Å². The molecule has 8 nitrogen and oxygen atoms in total. The fourth-order valence-corrected chi connectivity index (χ4v) is 3.34. The number of sulfonamides is 1. The lowest BCUT2D eigenvalue weighted by molar-refractivity contribution is 0.0696. The summed E-state index contributed by atoms with van der Waals surface area (Å²) in [5, 5.41) is 11.5. The zero-order valence-corrected chi connectivity index (χ0v) is 14.3. The highest BCUT2D eigenvalue weighted by Gasteiger charge is 2.22. The summed E-state index contributed by atoms with van der Waals surface area (Å²) in [5.74, 6) is -1.63. The van der Waals surface area contributed by atoms with Crippen molar-refractivity contribution in [1.82, 2.24) is 5.32 Å². The summed E-state index contributed by atoms with van der Waals surface area (Å²) >= 11 is 0. The zero-order chi connectivity index (χ0) is 18.6. The van der Waals surface area contributed by atoms with Crippen LogP contribution < -0.4 is 14.8 Å². The van der Waals surface area contributed by atoms with Crippen molar-refractivity contribution in [1.29, 1.82) is 0 Å². The van der Waals surface area contributed by atoms with Crippen molar-refractivity contribution < 1.29 is 27.9 Å². The number of hydrogen-bond donors (Lipinski definition) is 3. The van der Waals surface area contributed by atoms with E-state index in [1.165, 1.54) is 50.6 Å².